The Morgan fingerprint density at radius 2 is 1.80 bits per heavy atom. The molecule has 6 rings (SSSR count). The van der Waals surface area contributed by atoms with E-state index in [-0.39, 0.29) is 11.9 Å². The normalized spacial score (nSPS) is 19.2. The highest BCUT2D eigenvalue weighted by molar-refractivity contribution is 9.10. The smallest absolute Gasteiger partial charge is 0.175 e. The van der Waals surface area contributed by atoms with Gasteiger partial charge >= 0.3 is 0 Å². The van der Waals surface area contributed by atoms with E-state index in [1.165, 1.54) is 28.9 Å². The number of benzene rings is 4. The predicted molar refractivity (Wildman–Crippen MR) is 163 cm³/mol. The average molecular weight is 598 g/mol. The SMILES string of the molecule is CCOc1cc(C=Nc2ccc([C@@H]3Nc4ccccc4[C@@H]4C=CC[C@H]43)cc2)cc(Br)c1OCc1ccc(F)cc1. The maximum atomic E-state index is 13.2. The highest BCUT2D eigenvalue weighted by Gasteiger charge is 2.37. The third-order valence-corrected chi connectivity index (χ3v) is 8.10. The molecule has 4 nitrogen and oxygen atoms in total. The minimum atomic E-state index is -0.269. The summed E-state index contributed by atoms with van der Waals surface area (Å²) in [6.07, 6.45) is 7.59. The number of ether oxygens (including phenoxy) is 2. The van der Waals surface area contributed by atoms with E-state index in [9.17, 15) is 4.39 Å². The zero-order valence-corrected chi connectivity index (χ0v) is 23.8. The highest BCUT2D eigenvalue weighted by Crippen LogP contribution is 2.49. The second kappa shape index (κ2) is 11.7. The van der Waals surface area contributed by atoms with Crippen molar-refractivity contribution in [3.63, 3.8) is 0 Å². The van der Waals surface area contributed by atoms with Crippen LogP contribution in [0.1, 0.15) is 47.6 Å². The van der Waals surface area contributed by atoms with Gasteiger partial charge in [0, 0.05) is 17.8 Å². The third kappa shape index (κ3) is 5.54. The first-order valence-electron chi connectivity index (χ1n) is 13.6. The van der Waals surface area contributed by atoms with Gasteiger partial charge in [-0.1, -0.05) is 54.6 Å². The maximum absolute atomic E-state index is 13.2. The van der Waals surface area contributed by atoms with Gasteiger partial charge in [0.05, 0.1) is 22.8 Å². The van der Waals surface area contributed by atoms with Crippen LogP contribution in [0.2, 0.25) is 0 Å². The van der Waals surface area contributed by atoms with E-state index in [1.807, 2.05) is 25.3 Å². The molecule has 0 saturated heterocycles. The van der Waals surface area contributed by atoms with E-state index in [0.717, 1.165) is 27.7 Å². The van der Waals surface area contributed by atoms with Gasteiger partial charge in [-0.15, -0.1) is 0 Å². The summed E-state index contributed by atoms with van der Waals surface area (Å²) in [6, 6.07) is 27.6. The van der Waals surface area contributed by atoms with Crippen molar-refractivity contribution in [3.05, 3.63) is 130 Å². The average Bonchev–Trinajstić information content (AvgIpc) is 3.47. The molecule has 1 heterocycles. The fraction of sp³-hybridized carbons (Fsp3) is 0.206. The second-order valence-corrected chi connectivity index (χ2v) is 10.9. The van der Waals surface area contributed by atoms with Gasteiger partial charge in [-0.05, 0) is 99.9 Å². The molecule has 0 spiro atoms. The van der Waals surface area contributed by atoms with Crippen molar-refractivity contribution in [3.8, 4) is 11.5 Å². The van der Waals surface area contributed by atoms with Crippen molar-refractivity contribution in [2.45, 2.75) is 31.9 Å². The Balaban J connectivity index is 1.17. The van der Waals surface area contributed by atoms with Crippen LogP contribution in [0.3, 0.4) is 0 Å². The number of nitrogens with one attached hydrogen (secondary N) is 1. The topological polar surface area (TPSA) is 42.8 Å². The molecule has 1 aliphatic carbocycles. The number of para-hydroxylation sites is 1. The van der Waals surface area contributed by atoms with E-state index in [1.54, 1.807) is 12.1 Å². The molecule has 0 fully saturated rings. The molecule has 3 atom stereocenters. The van der Waals surface area contributed by atoms with Gasteiger partial charge in [0.2, 0.25) is 0 Å². The van der Waals surface area contributed by atoms with Crippen molar-refractivity contribution in [1.29, 1.82) is 0 Å². The Hall–Kier alpha value is -3.90. The first kappa shape index (κ1) is 26.3. The molecule has 0 radical (unpaired) electrons. The van der Waals surface area contributed by atoms with Gasteiger partial charge in [-0.3, -0.25) is 4.99 Å². The number of nitrogens with zero attached hydrogens (tertiary/aromatic N) is 1. The van der Waals surface area contributed by atoms with Gasteiger partial charge in [0.1, 0.15) is 12.4 Å². The van der Waals surface area contributed by atoms with Crippen molar-refractivity contribution in [2.24, 2.45) is 10.9 Å². The Bertz CT molecular complexity index is 1550. The van der Waals surface area contributed by atoms with Crippen molar-refractivity contribution >= 4 is 33.5 Å². The Morgan fingerprint density at radius 1 is 1.00 bits per heavy atom. The molecular weight excluding hydrogens is 567 g/mol. The lowest BCUT2D eigenvalue weighted by Gasteiger charge is -2.37. The first-order chi connectivity index (χ1) is 19.6. The number of halogens is 2. The highest BCUT2D eigenvalue weighted by atomic mass is 79.9. The molecule has 0 amide bonds. The first-order valence-corrected chi connectivity index (χ1v) is 14.4. The quantitative estimate of drug-likeness (QED) is 0.163. The van der Waals surface area contributed by atoms with Crippen LogP contribution >= 0.6 is 15.9 Å². The van der Waals surface area contributed by atoms with E-state index in [0.29, 0.717) is 36.5 Å². The van der Waals surface area contributed by atoms with Crippen LogP contribution in [0.5, 0.6) is 11.5 Å². The summed E-state index contributed by atoms with van der Waals surface area (Å²) in [6.45, 7) is 2.74. The predicted octanol–water partition coefficient (Wildman–Crippen LogP) is 9.14. The molecule has 1 aliphatic heterocycles. The summed E-state index contributed by atoms with van der Waals surface area (Å²) in [5.41, 5.74) is 6.53. The van der Waals surface area contributed by atoms with Crippen LogP contribution in [0.15, 0.2) is 107 Å². The molecule has 2 aliphatic rings. The Kier molecular flexibility index (Phi) is 7.69. The molecule has 1 N–H and O–H groups in total. The minimum absolute atomic E-state index is 0.264. The van der Waals surface area contributed by atoms with Gasteiger partial charge in [-0.2, -0.15) is 0 Å². The third-order valence-electron chi connectivity index (χ3n) is 7.52. The molecule has 202 valence electrons. The molecule has 4 aromatic rings. The molecule has 0 unspecified atom stereocenters. The summed E-state index contributed by atoms with van der Waals surface area (Å²) < 4.78 is 25.9. The van der Waals surface area contributed by atoms with E-state index < -0.39 is 0 Å². The van der Waals surface area contributed by atoms with Gasteiger partial charge in [-0.25, -0.2) is 4.39 Å². The number of rotatable bonds is 8. The summed E-state index contributed by atoms with van der Waals surface area (Å²) in [5.74, 6) is 1.94. The van der Waals surface area contributed by atoms with Crippen molar-refractivity contribution < 1.29 is 13.9 Å². The van der Waals surface area contributed by atoms with Crippen molar-refractivity contribution in [2.75, 3.05) is 11.9 Å². The van der Waals surface area contributed by atoms with Gasteiger partial charge in [0.25, 0.3) is 0 Å². The zero-order chi connectivity index (χ0) is 27.5. The van der Waals surface area contributed by atoms with Crippen LogP contribution in [-0.4, -0.2) is 12.8 Å². The monoisotopic (exact) mass is 596 g/mol. The number of fused-ring (bicyclic) bond motifs is 3. The van der Waals surface area contributed by atoms with E-state index >= 15 is 0 Å². The van der Waals surface area contributed by atoms with Crippen molar-refractivity contribution in [1.82, 2.24) is 0 Å². The lowest BCUT2D eigenvalue weighted by Crippen LogP contribution is -2.28. The number of hydrogen-bond acceptors (Lipinski definition) is 4. The van der Waals surface area contributed by atoms with Gasteiger partial charge < -0.3 is 14.8 Å². The van der Waals surface area contributed by atoms with Crippen LogP contribution in [0.4, 0.5) is 15.8 Å². The zero-order valence-electron chi connectivity index (χ0n) is 22.2. The lowest BCUT2D eigenvalue weighted by atomic mass is 9.77. The molecule has 0 aromatic heterocycles. The molecule has 0 bridgehead atoms. The van der Waals surface area contributed by atoms with Gasteiger partial charge in [0.15, 0.2) is 11.5 Å². The van der Waals surface area contributed by atoms with Crippen LogP contribution in [0.25, 0.3) is 0 Å². The minimum Gasteiger partial charge on any atom is -0.490 e. The van der Waals surface area contributed by atoms with E-state index in [2.05, 4.69) is 81.9 Å². The fourth-order valence-corrected chi connectivity index (χ4v) is 6.17. The molecule has 40 heavy (non-hydrogen) atoms. The second-order valence-electron chi connectivity index (χ2n) is 10.1. The maximum Gasteiger partial charge on any atom is 0.175 e. The van der Waals surface area contributed by atoms with Crippen LogP contribution in [0, 0.1) is 11.7 Å². The summed E-state index contributed by atoms with van der Waals surface area (Å²) in [4.78, 5) is 4.73. The standard InChI is InChI=1S/C34H30BrFN2O2/c1-2-39-32-19-23(18-30(35)34(32)40-21-22-10-14-25(36)15-11-22)20-37-26-16-12-24(13-17-26)33-29-8-5-7-27(29)28-6-3-4-9-31(28)38-33/h3-7,9-20,27,29,33,38H,2,8,21H2,1H3/t27-,29+,33-/m0/s1. The number of hydrogen-bond donors (Lipinski definition) is 1. The lowest BCUT2D eigenvalue weighted by molar-refractivity contribution is 0.267. The number of anilines is 1. The molecule has 6 heteroatoms. The van der Waals surface area contributed by atoms with Crippen LogP contribution in [-0.2, 0) is 6.61 Å². The van der Waals surface area contributed by atoms with Crippen LogP contribution < -0.4 is 14.8 Å². The summed E-state index contributed by atoms with van der Waals surface area (Å²) in [5, 5.41) is 3.79. The molecule has 4 aromatic carbocycles. The number of allylic oxidation sites excluding steroid dienone is 2. The Morgan fingerprint density at radius 3 is 2.60 bits per heavy atom. The number of aliphatic imine (C=N–C) groups is 1. The fourth-order valence-electron chi connectivity index (χ4n) is 5.59. The molecule has 0 saturated carbocycles. The van der Waals surface area contributed by atoms with E-state index in [4.69, 9.17) is 14.5 Å². The summed E-state index contributed by atoms with van der Waals surface area (Å²) >= 11 is 3.63. The largest absolute Gasteiger partial charge is 0.490 e. The Labute approximate surface area is 242 Å². The summed E-state index contributed by atoms with van der Waals surface area (Å²) in [7, 11) is 0. The molecular formula is C34H30BrFN2O2.